The van der Waals surface area contributed by atoms with Crippen LogP contribution in [0.25, 0.3) is 0 Å². The number of benzene rings is 2. The van der Waals surface area contributed by atoms with Crippen LogP contribution in [0.5, 0.6) is 0 Å². The zero-order chi connectivity index (χ0) is 21.9. The SMILES string of the molecule is CC[C@@H](N(NC(=O)c1ccc(F)cc1F)C(=O)c1cc(C)cc(C)c1)C(C)(C)C. The average molecular weight is 402 g/mol. The van der Waals surface area contributed by atoms with Crippen molar-refractivity contribution < 1.29 is 18.4 Å². The molecule has 0 aromatic heterocycles. The largest absolute Gasteiger partial charge is 0.272 e. The van der Waals surface area contributed by atoms with Crippen molar-refractivity contribution in [3.8, 4) is 0 Å². The molecule has 2 amide bonds. The number of halogens is 2. The Labute approximate surface area is 170 Å². The monoisotopic (exact) mass is 402 g/mol. The van der Waals surface area contributed by atoms with Gasteiger partial charge in [0, 0.05) is 11.6 Å². The summed E-state index contributed by atoms with van der Waals surface area (Å²) in [6.45, 7) is 11.6. The van der Waals surface area contributed by atoms with E-state index in [2.05, 4.69) is 5.43 Å². The van der Waals surface area contributed by atoms with E-state index in [1.807, 2.05) is 47.6 Å². The lowest BCUT2D eigenvalue weighted by molar-refractivity contribution is 0.0283. The van der Waals surface area contributed by atoms with Gasteiger partial charge in [-0.05, 0) is 49.9 Å². The molecule has 0 fully saturated rings. The summed E-state index contributed by atoms with van der Waals surface area (Å²) < 4.78 is 27.3. The number of carbonyl (C=O) groups is 2. The first-order valence-corrected chi connectivity index (χ1v) is 9.62. The molecule has 0 heterocycles. The van der Waals surface area contributed by atoms with Crippen LogP contribution >= 0.6 is 0 Å². The molecule has 156 valence electrons. The van der Waals surface area contributed by atoms with Gasteiger partial charge < -0.3 is 0 Å². The number of nitrogens with zero attached hydrogens (tertiary/aromatic N) is 1. The van der Waals surface area contributed by atoms with Crippen LogP contribution in [-0.2, 0) is 0 Å². The molecule has 0 bridgehead atoms. The van der Waals surface area contributed by atoms with E-state index in [0.717, 1.165) is 23.3 Å². The summed E-state index contributed by atoms with van der Waals surface area (Å²) in [5, 5.41) is 1.28. The molecule has 2 aromatic rings. The molecular formula is C23H28F2N2O2. The zero-order valence-electron chi connectivity index (χ0n) is 17.8. The molecule has 0 radical (unpaired) electrons. The highest BCUT2D eigenvalue weighted by molar-refractivity contribution is 5.99. The molecule has 4 nitrogen and oxygen atoms in total. The molecule has 6 heteroatoms. The van der Waals surface area contributed by atoms with E-state index in [0.29, 0.717) is 18.1 Å². The Morgan fingerprint density at radius 3 is 2.10 bits per heavy atom. The zero-order valence-corrected chi connectivity index (χ0v) is 17.8. The van der Waals surface area contributed by atoms with Gasteiger partial charge in [0.1, 0.15) is 11.6 Å². The fourth-order valence-electron chi connectivity index (χ4n) is 3.53. The number of carbonyl (C=O) groups excluding carboxylic acids is 2. The highest BCUT2D eigenvalue weighted by atomic mass is 19.1. The van der Waals surface area contributed by atoms with Crippen LogP contribution in [0.2, 0.25) is 0 Å². The number of amides is 2. The molecule has 0 aliphatic rings. The maximum atomic E-state index is 14.1. The third-order valence-electron chi connectivity index (χ3n) is 4.78. The Morgan fingerprint density at radius 1 is 1.03 bits per heavy atom. The van der Waals surface area contributed by atoms with Crippen molar-refractivity contribution >= 4 is 11.8 Å². The van der Waals surface area contributed by atoms with Gasteiger partial charge in [-0.25, -0.2) is 13.8 Å². The van der Waals surface area contributed by atoms with Gasteiger partial charge in [0.25, 0.3) is 11.8 Å². The summed E-state index contributed by atoms with van der Waals surface area (Å²) in [7, 11) is 0. The van der Waals surface area contributed by atoms with Crippen LogP contribution in [0, 0.1) is 30.9 Å². The fourth-order valence-corrected chi connectivity index (χ4v) is 3.53. The van der Waals surface area contributed by atoms with Crippen molar-refractivity contribution in [2.45, 2.75) is 54.0 Å². The molecular weight excluding hydrogens is 374 g/mol. The van der Waals surface area contributed by atoms with Crippen LogP contribution in [-0.4, -0.2) is 22.9 Å². The van der Waals surface area contributed by atoms with Crippen molar-refractivity contribution in [1.29, 1.82) is 0 Å². The Kier molecular flexibility index (Phi) is 6.77. The summed E-state index contributed by atoms with van der Waals surface area (Å²) in [4.78, 5) is 26.1. The van der Waals surface area contributed by atoms with Gasteiger partial charge in [0.15, 0.2) is 0 Å². The molecule has 0 unspecified atom stereocenters. The van der Waals surface area contributed by atoms with Crippen molar-refractivity contribution in [2.75, 3.05) is 0 Å². The third kappa shape index (κ3) is 5.40. The lowest BCUT2D eigenvalue weighted by Gasteiger charge is -2.39. The quantitative estimate of drug-likeness (QED) is 0.715. The van der Waals surface area contributed by atoms with Crippen molar-refractivity contribution in [1.82, 2.24) is 10.4 Å². The second-order valence-corrected chi connectivity index (χ2v) is 8.41. The highest BCUT2D eigenvalue weighted by Gasteiger charge is 2.34. The minimum Gasteiger partial charge on any atom is -0.267 e. The van der Waals surface area contributed by atoms with Crippen LogP contribution in [0.4, 0.5) is 8.78 Å². The van der Waals surface area contributed by atoms with E-state index in [1.54, 1.807) is 12.1 Å². The Balaban J connectivity index is 2.47. The predicted octanol–water partition coefficient (Wildman–Crippen LogP) is 5.19. The summed E-state index contributed by atoms with van der Waals surface area (Å²) in [6.07, 6.45) is 0.576. The number of nitrogens with one attached hydrogen (secondary N) is 1. The first-order valence-electron chi connectivity index (χ1n) is 9.62. The maximum absolute atomic E-state index is 14.1. The minimum absolute atomic E-state index is 0.326. The molecule has 0 spiro atoms. The number of rotatable bonds is 4. The number of aryl methyl sites for hydroxylation is 2. The van der Waals surface area contributed by atoms with Gasteiger partial charge in [-0.15, -0.1) is 0 Å². The molecule has 0 saturated carbocycles. The van der Waals surface area contributed by atoms with E-state index < -0.39 is 17.5 Å². The second-order valence-electron chi connectivity index (χ2n) is 8.41. The predicted molar refractivity (Wildman–Crippen MR) is 109 cm³/mol. The number of hydrazine groups is 1. The van der Waals surface area contributed by atoms with E-state index in [9.17, 15) is 18.4 Å². The van der Waals surface area contributed by atoms with Crippen molar-refractivity contribution in [3.63, 3.8) is 0 Å². The third-order valence-corrected chi connectivity index (χ3v) is 4.78. The summed E-state index contributed by atoms with van der Waals surface area (Å²) in [5.74, 6) is -2.94. The van der Waals surface area contributed by atoms with Gasteiger partial charge in [0.05, 0.1) is 11.6 Å². The van der Waals surface area contributed by atoms with Gasteiger partial charge >= 0.3 is 0 Å². The van der Waals surface area contributed by atoms with Crippen LogP contribution < -0.4 is 5.43 Å². The molecule has 29 heavy (non-hydrogen) atoms. The molecule has 2 aromatic carbocycles. The summed E-state index contributed by atoms with van der Waals surface area (Å²) in [5.41, 5.74) is 4.18. The maximum Gasteiger partial charge on any atom is 0.272 e. The van der Waals surface area contributed by atoms with Crippen LogP contribution in [0.15, 0.2) is 36.4 Å². The highest BCUT2D eigenvalue weighted by Crippen LogP contribution is 2.28. The van der Waals surface area contributed by atoms with Crippen LogP contribution in [0.1, 0.15) is 66.0 Å². The Morgan fingerprint density at radius 2 is 1.62 bits per heavy atom. The first-order chi connectivity index (χ1) is 13.4. The van der Waals surface area contributed by atoms with Gasteiger partial charge in [0.2, 0.25) is 0 Å². The topological polar surface area (TPSA) is 49.4 Å². The molecule has 0 aliphatic heterocycles. The standard InChI is InChI=1S/C23H28F2N2O2/c1-7-20(23(4,5)6)27(22(29)16-11-14(2)10-15(3)12-16)26-21(28)18-9-8-17(24)13-19(18)25/h8-13,20H,7H2,1-6H3,(H,26,28)/t20-/m1/s1. The molecule has 1 atom stereocenters. The smallest absolute Gasteiger partial charge is 0.267 e. The average Bonchev–Trinajstić information content (AvgIpc) is 2.58. The Hall–Kier alpha value is -2.76. The molecule has 2 rings (SSSR count). The molecule has 1 N–H and O–H groups in total. The van der Waals surface area contributed by atoms with Crippen molar-refractivity contribution in [3.05, 3.63) is 70.3 Å². The Bertz CT molecular complexity index is 899. The number of hydrogen-bond acceptors (Lipinski definition) is 2. The normalized spacial score (nSPS) is 12.4. The molecule has 0 aliphatic carbocycles. The van der Waals surface area contributed by atoms with E-state index in [-0.39, 0.29) is 22.9 Å². The fraction of sp³-hybridized carbons (Fsp3) is 0.391. The lowest BCUT2D eigenvalue weighted by Crippen LogP contribution is -2.56. The van der Waals surface area contributed by atoms with Gasteiger partial charge in [-0.1, -0.05) is 44.9 Å². The van der Waals surface area contributed by atoms with Gasteiger partial charge in [-0.2, -0.15) is 0 Å². The summed E-state index contributed by atoms with van der Waals surface area (Å²) >= 11 is 0. The van der Waals surface area contributed by atoms with E-state index in [4.69, 9.17) is 0 Å². The first kappa shape index (κ1) is 22.5. The van der Waals surface area contributed by atoms with E-state index in [1.165, 1.54) is 5.01 Å². The lowest BCUT2D eigenvalue weighted by atomic mass is 9.84. The number of hydrogen-bond donors (Lipinski definition) is 1. The summed E-state index contributed by atoms with van der Waals surface area (Å²) in [6, 6.07) is 7.83. The van der Waals surface area contributed by atoms with Crippen LogP contribution in [0.3, 0.4) is 0 Å². The second kappa shape index (κ2) is 8.72. The van der Waals surface area contributed by atoms with Gasteiger partial charge in [-0.3, -0.25) is 15.0 Å². The van der Waals surface area contributed by atoms with Crippen molar-refractivity contribution in [2.24, 2.45) is 5.41 Å². The minimum atomic E-state index is -0.981. The van der Waals surface area contributed by atoms with E-state index >= 15 is 0 Å². The molecule has 0 saturated heterocycles.